The third-order valence-electron chi connectivity index (χ3n) is 4.15. The van der Waals surface area contributed by atoms with Gasteiger partial charge in [-0.3, -0.25) is 14.5 Å². The van der Waals surface area contributed by atoms with Gasteiger partial charge < -0.3 is 14.4 Å². The number of carbonyl (C=O) groups is 2. The number of imidazole rings is 1. The number of aromatic nitrogens is 2. The maximum absolute atomic E-state index is 12.7. The first-order valence-corrected chi connectivity index (χ1v) is 9.45. The van der Waals surface area contributed by atoms with E-state index < -0.39 is 9.84 Å². The Kier molecular flexibility index (Phi) is 5.60. The fourth-order valence-electron chi connectivity index (χ4n) is 2.52. The Morgan fingerprint density at radius 1 is 1.33 bits per heavy atom. The van der Waals surface area contributed by atoms with Crippen LogP contribution in [-0.2, 0) is 21.7 Å². The Balaban J connectivity index is 1.98. The molecule has 10 heteroatoms. The number of likely N-dealkylation sites (N-methyl/N-ethyl adjacent to an activating group) is 1. The van der Waals surface area contributed by atoms with Crippen molar-refractivity contribution in [1.82, 2.24) is 19.4 Å². The van der Waals surface area contributed by atoms with E-state index in [0.29, 0.717) is 44.1 Å². The summed E-state index contributed by atoms with van der Waals surface area (Å²) in [6, 6.07) is 0. The third kappa shape index (κ3) is 4.12. The van der Waals surface area contributed by atoms with Gasteiger partial charge in [-0.2, -0.15) is 0 Å². The minimum atomic E-state index is -2.90. The van der Waals surface area contributed by atoms with Gasteiger partial charge in [-0.05, 0) is 0 Å². The fraction of sp³-hybridized carbons (Fsp3) is 0.643. The van der Waals surface area contributed by atoms with Crippen LogP contribution in [0.2, 0.25) is 0 Å². The highest BCUT2D eigenvalue weighted by Gasteiger charge is 2.25. The van der Waals surface area contributed by atoms with Crippen molar-refractivity contribution >= 4 is 28.0 Å². The highest BCUT2D eigenvalue weighted by Crippen LogP contribution is 2.17. The highest BCUT2D eigenvalue weighted by molar-refractivity contribution is 7.91. The largest absolute Gasteiger partial charge is 0.339 e. The van der Waals surface area contributed by atoms with E-state index in [2.05, 4.69) is 4.98 Å². The van der Waals surface area contributed by atoms with Gasteiger partial charge >= 0.3 is 0 Å². The molecule has 134 valence electrons. The first-order valence-electron chi connectivity index (χ1n) is 7.63. The van der Waals surface area contributed by atoms with Crippen molar-refractivity contribution in [3.05, 3.63) is 12.0 Å². The molecule has 0 aromatic carbocycles. The van der Waals surface area contributed by atoms with Crippen molar-refractivity contribution in [1.29, 1.82) is 0 Å². The van der Waals surface area contributed by atoms with Crippen LogP contribution in [0.5, 0.6) is 0 Å². The molecule has 2 heterocycles. The fourth-order valence-corrected chi connectivity index (χ4v) is 3.80. The van der Waals surface area contributed by atoms with Crippen LogP contribution in [0.1, 0.15) is 10.5 Å². The zero-order valence-corrected chi connectivity index (χ0v) is 15.0. The Bertz CT molecular complexity index is 701. The molecule has 1 aliphatic rings. The van der Waals surface area contributed by atoms with Crippen molar-refractivity contribution in [3.8, 4) is 0 Å². The first kappa shape index (κ1) is 18.4. The van der Waals surface area contributed by atoms with Crippen LogP contribution in [0.15, 0.2) is 6.33 Å². The number of aryl methyl sites for hydroxylation is 1. The monoisotopic (exact) mass is 357 g/mol. The molecule has 0 atom stereocenters. The number of carbonyl (C=O) groups excluding carboxylic acids is 2. The summed E-state index contributed by atoms with van der Waals surface area (Å²) in [6.07, 6.45) is 2.10. The number of amides is 2. The quantitative estimate of drug-likeness (QED) is 0.595. The number of anilines is 1. The molecule has 0 bridgehead atoms. The van der Waals surface area contributed by atoms with Crippen LogP contribution in [-0.4, -0.2) is 91.9 Å². The summed E-state index contributed by atoms with van der Waals surface area (Å²) >= 11 is 0. The van der Waals surface area contributed by atoms with E-state index in [1.165, 1.54) is 11.2 Å². The van der Waals surface area contributed by atoms with E-state index in [4.69, 9.17) is 0 Å². The van der Waals surface area contributed by atoms with Crippen molar-refractivity contribution < 1.29 is 18.0 Å². The Labute approximate surface area is 141 Å². The lowest BCUT2D eigenvalue weighted by molar-refractivity contribution is -0.107. The van der Waals surface area contributed by atoms with E-state index in [-0.39, 0.29) is 17.4 Å². The van der Waals surface area contributed by atoms with E-state index >= 15 is 0 Å². The molecule has 24 heavy (non-hydrogen) atoms. The maximum Gasteiger partial charge on any atom is 0.274 e. The zero-order chi connectivity index (χ0) is 17.9. The van der Waals surface area contributed by atoms with E-state index in [9.17, 15) is 18.0 Å². The molecule has 1 saturated heterocycles. The molecule has 0 spiro atoms. The number of sulfone groups is 1. The molecule has 0 radical (unpaired) electrons. The molecule has 2 amide bonds. The summed E-state index contributed by atoms with van der Waals surface area (Å²) < 4.78 is 24.4. The standard InChI is InChI=1S/C14H23N5O4S/c1-16(4-5-19-6-8-24(22,23)9-7-19)14(21)12-13(18(3)11-20)15-10-17(12)2/h10-11H,4-9H2,1-3H3. The lowest BCUT2D eigenvalue weighted by atomic mass is 10.3. The van der Waals surface area contributed by atoms with Crippen LogP contribution in [0.4, 0.5) is 5.82 Å². The predicted molar refractivity (Wildman–Crippen MR) is 89.7 cm³/mol. The summed E-state index contributed by atoms with van der Waals surface area (Å²) in [5.41, 5.74) is 0.341. The molecule has 1 aromatic heterocycles. The van der Waals surface area contributed by atoms with Gasteiger partial charge in [-0.25, -0.2) is 13.4 Å². The van der Waals surface area contributed by atoms with Crippen LogP contribution in [0.3, 0.4) is 0 Å². The molecule has 0 aliphatic carbocycles. The second-order valence-corrected chi connectivity index (χ2v) is 8.27. The minimum Gasteiger partial charge on any atom is -0.339 e. The van der Waals surface area contributed by atoms with Crippen LogP contribution >= 0.6 is 0 Å². The van der Waals surface area contributed by atoms with E-state index in [0.717, 1.165) is 0 Å². The molecule has 0 unspecified atom stereocenters. The lowest BCUT2D eigenvalue weighted by Crippen LogP contribution is -2.44. The average Bonchev–Trinajstić information content (AvgIpc) is 2.93. The van der Waals surface area contributed by atoms with Gasteiger partial charge in [0.05, 0.1) is 17.8 Å². The SMILES string of the molecule is CN(CCN1CCS(=O)(=O)CC1)C(=O)c1c(N(C)C=O)ncn1C. The van der Waals surface area contributed by atoms with E-state index in [1.807, 2.05) is 4.90 Å². The smallest absolute Gasteiger partial charge is 0.274 e. The molecule has 9 nitrogen and oxygen atoms in total. The van der Waals surface area contributed by atoms with Crippen LogP contribution in [0.25, 0.3) is 0 Å². The molecule has 0 N–H and O–H groups in total. The number of hydrogen-bond donors (Lipinski definition) is 0. The van der Waals surface area contributed by atoms with Crippen molar-refractivity contribution in [3.63, 3.8) is 0 Å². The second-order valence-electron chi connectivity index (χ2n) is 5.96. The zero-order valence-electron chi connectivity index (χ0n) is 14.2. The third-order valence-corrected chi connectivity index (χ3v) is 5.76. The molecular formula is C14H23N5O4S. The lowest BCUT2D eigenvalue weighted by Gasteiger charge is -2.28. The Morgan fingerprint density at radius 3 is 2.54 bits per heavy atom. The van der Waals surface area contributed by atoms with Gasteiger partial charge in [-0.15, -0.1) is 0 Å². The summed E-state index contributed by atoms with van der Waals surface area (Å²) in [4.78, 5) is 32.5. The van der Waals surface area contributed by atoms with Crippen LogP contribution in [0, 0.1) is 0 Å². The summed E-state index contributed by atoms with van der Waals surface area (Å²) in [7, 11) is 2.02. The molecule has 2 rings (SSSR count). The first-order chi connectivity index (χ1) is 11.2. The summed E-state index contributed by atoms with van der Waals surface area (Å²) in [6.45, 7) is 2.06. The second kappa shape index (κ2) is 7.31. The minimum absolute atomic E-state index is 0.167. The predicted octanol–water partition coefficient (Wildman–Crippen LogP) is -1.18. The van der Waals surface area contributed by atoms with Crippen molar-refractivity contribution in [2.24, 2.45) is 7.05 Å². The molecular weight excluding hydrogens is 334 g/mol. The van der Waals surface area contributed by atoms with Gasteiger partial charge in [0, 0.05) is 47.3 Å². The molecule has 1 aromatic rings. The normalized spacial score (nSPS) is 17.5. The molecule has 0 saturated carbocycles. The van der Waals surface area contributed by atoms with Gasteiger partial charge in [0.1, 0.15) is 0 Å². The number of nitrogens with zero attached hydrogens (tertiary/aromatic N) is 5. The van der Waals surface area contributed by atoms with Crippen molar-refractivity contribution in [2.45, 2.75) is 0 Å². The van der Waals surface area contributed by atoms with Crippen molar-refractivity contribution in [2.75, 3.05) is 56.7 Å². The average molecular weight is 357 g/mol. The maximum atomic E-state index is 12.7. The molecule has 1 aliphatic heterocycles. The van der Waals surface area contributed by atoms with Crippen LogP contribution < -0.4 is 4.90 Å². The van der Waals surface area contributed by atoms with Gasteiger partial charge in [0.15, 0.2) is 21.3 Å². The van der Waals surface area contributed by atoms with Gasteiger partial charge in [-0.1, -0.05) is 0 Å². The highest BCUT2D eigenvalue weighted by atomic mass is 32.2. The Morgan fingerprint density at radius 2 is 1.96 bits per heavy atom. The molecule has 1 fully saturated rings. The summed E-state index contributed by atoms with van der Waals surface area (Å²) in [5.74, 6) is 0.415. The number of hydrogen-bond acceptors (Lipinski definition) is 6. The van der Waals surface area contributed by atoms with E-state index in [1.54, 1.807) is 30.6 Å². The number of rotatable bonds is 6. The van der Waals surface area contributed by atoms with Gasteiger partial charge in [0.2, 0.25) is 6.41 Å². The summed E-state index contributed by atoms with van der Waals surface area (Å²) in [5, 5.41) is 0. The Hall–Kier alpha value is -1.94. The topological polar surface area (TPSA) is 95.8 Å². The van der Waals surface area contributed by atoms with Gasteiger partial charge in [0.25, 0.3) is 5.91 Å².